The number of rotatable bonds is 8. The Kier molecular flexibility index (Phi) is 6.94. The van der Waals surface area contributed by atoms with Crippen LogP contribution in [0.5, 0.6) is 0 Å². The van der Waals surface area contributed by atoms with Crippen molar-refractivity contribution in [3.05, 3.63) is 0 Å². The molecule has 102 valence electrons. The van der Waals surface area contributed by atoms with Gasteiger partial charge in [0.05, 0.1) is 19.8 Å². The van der Waals surface area contributed by atoms with Gasteiger partial charge >= 0.3 is 13.7 Å². The standard InChI is InChI=1S/C10H22NO5P/c1-6-14-9(12)10(4,5)11-17(13,15-7-2)16-8-3/h6-8H2,1-5H3,(H,11,13). The first-order valence-electron chi connectivity index (χ1n) is 5.67. The highest BCUT2D eigenvalue weighted by atomic mass is 31.2. The zero-order valence-electron chi connectivity index (χ0n) is 11.1. The van der Waals surface area contributed by atoms with Gasteiger partial charge in [0, 0.05) is 0 Å². The van der Waals surface area contributed by atoms with Crippen molar-refractivity contribution in [1.29, 1.82) is 0 Å². The van der Waals surface area contributed by atoms with Crippen LogP contribution in [0.25, 0.3) is 0 Å². The summed E-state index contributed by atoms with van der Waals surface area (Å²) in [6.45, 7) is 8.95. The van der Waals surface area contributed by atoms with Crippen LogP contribution in [0.15, 0.2) is 0 Å². The van der Waals surface area contributed by atoms with E-state index in [4.69, 9.17) is 13.8 Å². The topological polar surface area (TPSA) is 73.9 Å². The van der Waals surface area contributed by atoms with E-state index in [-0.39, 0.29) is 19.8 Å². The Morgan fingerprint density at radius 1 is 1.12 bits per heavy atom. The molecule has 0 rings (SSSR count). The van der Waals surface area contributed by atoms with E-state index in [1.54, 1.807) is 34.6 Å². The highest BCUT2D eigenvalue weighted by Crippen LogP contribution is 2.45. The Morgan fingerprint density at radius 2 is 1.59 bits per heavy atom. The lowest BCUT2D eigenvalue weighted by Crippen LogP contribution is -2.46. The van der Waals surface area contributed by atoms with Crippen molar-refractivity contribution in [3.8, 4) is 0 Å². The minimum atomic E-state index is -3.47. The van der Waals surface area contributed by atoms with Crippen molar-refractivity contribution < 1.29 is 23.1 Å². The molecule has 0 aromatic heterocycles. The van der Waals surface area contributed by atoms with Crippen LogP contribution >= 0.6 is 7.75 Å². The largest absolute Gasteiger partial charge is 0.465 e. The Morgan fingerprint density at radius 3 is 1.94 bits per heavy atom. The average Bonchev–Trinajstić information content (AvgIpc) is 2.17. The second-order valence-electron chi connectivity index (χ2n) is 3.79. The molecule has 0 aromatic carbocycles. The highest BCUT2D eigenvalue weighted by Gasteiger charge is 2.38. The van der Waals surface area contributed by atoms with Gasteiger partial charge in [-0.2, -0.15) is 0 Å². The molecule has 1 N–H and O–H groups in total. The molecule has 0 saturated carbocycles. The van der Waals surface area contributed by atoms with Crippen molar-refractivity contribution in [1.82, 2.24) is 5.09 Å². The van der Waals surface area contributed by atoms with Crippen LogP contribution in [0, 0.1) is 0 Å². The number of ether oxygens (including phenoxy) is 1. The predicted molar refractivity (Wildman–Crippen MR) is 64.7 cm³/mol. The third-order valence-corrected chi connectivity index (χ3v) is 3.83. The van der Waals surface area contributed by atoms with Crippen LogP contribution in [-0.4, -0.2) is 31.3 Å². The minimum absolute atomic E-state index is 0.225. The molecule has 0 aromatic rings. The van der Waals surface area contributed by atoms with Gasteiger partial charge in [0.25, 0.3) is 0 Å². The molecule has 0 heterocycles. The second kappa shape index (κ2) is 7.11. The molecular weight excluding hydrogens is 245 g/mol. The molecule has 0 atom stereocenters. The average molecular weight is 267 g/mol. The van der Waals surface area contributed by atoms with Gasteiger partial charge in [-0.25, -0.2) is 9.65 Å². The molecule has 0 aliphatic heterocycles. The Bertz CT molecular complexity index is 282. The van der Waals surface area contributed by atoms with Crippen LogP contribution in [0.2, 0.25) is 0 Å². The van der Waals surface area contributed by atoms with Gasteiger partial charge < -0.3 is 4.74 Å². The van der Waals surface area contributed by atoms with Crippen molar-refractivity contribution in [2.24, 2.45) is 0 Å². The number of carbonyl (C=O) groups is 1. The van der Waals surface area contributed by atoms with E-state index >= 15 is 0 Å². The molecule has 0 spiro atoms. The summed E-state index contributed by atoms with van der Waals surface area (Å²) in [6, 6.07) is 0. The quantitative estimate of drug-likeness (QED) is 0.536. The lowest BCUT2D eigenvalue weighted by atomic mass is 10.1. The maximum Gasteiger partial charge on any atom is 0.406 e. The van der Waals surface area contributed by atoms with Crippen LogP contribution in [0.1, 0.15) is 34.6 Å². The van der Waals surface area contributed by atoms with Crippen LogP contribution in [0.3, 0.4) is 0 Å². The van der Waals surface area contributed by atoms with E-state index in [2.05, 4.69) is 5.09 Å². The Labute approximate surface area is 103 Å². The van der Waals surface area contributed by atoms with E-state index in [9.17, 15) is 9.36 Å². The van der Waals surface area contributed by atoms with E-state index in [1.807, 2.05) is 0 Å². The summed E-state index contributed by atoms with van der Waals surface area (Å²) in [5, 5.41) is 2.59. The first kappa shape index (κ1) is 16.6. The zero-order valence-corrected chi connectivity index (χ0v) is 12.0. The second-order valence-corrected chi connectivity index (χ2v) is 5.53. The third-order valence-electron chi connectivity index (χ3n) is 1.80. The fourth-order valence-electron chi connectivity index (χ4n) is 1.14. The molecule has 7 heteroatoms. The maximum absolute atomic E-state index is 12.2. The monoisotopic (exact) mass is 267 g/mol. The fourth-order valence-corrected chi connectivity index (χ4v) is 2.80. The maximum atomic E-state index is 12.2. The normalized spacial score (nSPS) is 12.5. The number of nitrogens with one attached hydrogen (secondary N) is 1. The lowest BCUT2D eigenvalue weighted by molar-refractivity contribution is -0.149. The minimum Gasteiger partial charge on any atom is -0.465 e. The molecular formula is C10H22NO5P. The van der Waals surface area contributed by atoms with Crippen LogP contribution in [-0.2, 0) is 23.1 Å². The summed E-state index contributed by atoms with van der Waals surface area (Å²) in [6.07, 6.45) is 0. The SMILES string of the molecule is CCOC(=O)C(C)(C)NP(=O)(OCC)OCC. The van der Waals surface area contributed by atoms with Crippen molar-refractivity contribution >= 4 is 13.7 Å². The van der Waals surface area contributed by atoms with Gasteiger partial charge in [-0.15, -0.1) is 0 Å². The highest BCUT2D eigenvalue weighted by molar-refractivity contribution is 7.51. The molecule has 0 amide bonds. The van der Waals surface area contributed by atoms with Crippen LogP contribution < -0.4 is 5.09 Å². The summed E-state index contributed by atoms with van der Waals surface area (Å²) in [4.78, 5) is 11.6. The molecule has 0 unspecified atom stereocenters. The summed E-state index contributed by atoms with van der Waals surface area (Å²) < 4.78 is 27.1. The summed E-state index contributed by atoms with van der Waals surface area (Å²) in [5.74, 6) is -0.500. The number of hydrogen-bond acceptors (Lipinski definition) is 5. The molecule has 6 nitrogen and oxygen atoms in total. The van der Waals surface area contributed by atoms with Crippen molar-refractivity contribution in [2.45, 2.75) is 40.2 Å². The number of esters is 1. The summed E-state index contributed by atoms with van der Waals surface area (Å²) in [7, 11) is -3.47. The molecule has 0 saturated heterocycles. The Hall–Kier alpha value is -0.420. The summed E-state index contributed by atoms with van der Waals surface area (Å²) >= 11 is 0. The fraction of sp³-hybridized carbons (Fsp3) is 0.900. The number of carbonyl (C=O) groups excluding carboxylic acids is 1. The van der Waals surface area contributed by atoms with E-state index in [0.717, 1.165) is 0 Å². The number of hydrogen-bond donors (Lipinski definition) is 1. The van der Waals surface area contributed by atoms with Gasteiger partial charge in [-0.3, -0.25) is 13.8 Å². The molecule has 0 bridgehead atoms. The van der Waals surface area contributed by atoms with E-state index < -0.39 is 19.3 Å². The molecule has 0 aliphatic rings. The molecule has 17 heavy (non-hydrogen) atoms. The third kappa shape index (κ3) is 5.64. The van der Waals surface area contributed by atoms with Crippen molar-refractivity contribution in [2.75, 3.05) is 19.8 Å². The van der Waals surface area contributed by atoms with E-state index in [1.165, 1.54) is 0 Å². The molecule has 0 fully saturated rings. The van der Waals surface area contributed by atoms with Gasteiger partial charge in [0.1, 0.15) is 5.54 Å². The first-order chi connectivity index (χ1) is 7.81. The van der Waals surface area contributed by atoms with E-state index in [0.29, 0.717) is 0 Å². The molecule has 0 aliphatic carbocycles. The molecule has 0 radical (unpaired) electrons. The first-order valence-corrected chi connectivity index (χ1v) is 7.21. The van der Waals surface area contributed by atoms with Gasteiger partial charge in [-0.1, -0.05) is 0 Å². The zero-order chi connectivity index (χ0) is 13.5. The van der Waals surface area contributed by atoms with Gasteiger partial charge in [-0.05, 0) is 34.6 Å². The van der Waals surface area contributed by atoms with Crippen LogP contribution in [0.4, 0.5) is 0 Å². The van der Waals surface area contributed by atoms with Gasteiger partial charge in [0.15, 0.2) is 0 Å². The lowest BCUT2D eigenvalue weighted by Gasteiger charge is -2.28. The Balaban J connectivity index is 4.73. The van der Waals surface area contributed by atoms with Crippen molar-refractivity contribution in [3.63, 3.8) is 0 Å². The summed E-state index contributed by atoms with van der Waals surface area (Å²) in [5.41, 5.74) is -1.13. The smallest absolute Gasteiger partial charge is 0.406 e. The predicted octanol–water partition coefficient (Wildman–Crippen LogP) is 2.10. The van der Waals surface area contributed by atoms with Gasteiger partial charge in [0.2, 0.25) is 0 Å².